The molecule has 1 aliphatic heterocycles. The van der Waals surface area contributed by atoms with Crippen molar-refractivity contribution >= 4 is 45.9 Å². The molecule has 3 heterocycles. The van der Waals surface area contributed by atoms with Crippen molar-refractivity contribution in [1.29, 1.82) is 0 Å². The molecule has 1 aromatic carbocycles. The van der Waals surface area contributed by atoms with Crippen LogP contribution in [0.25, 0.3) is 17.1 Å². The number of nitrogens with zero attached hydrogens (tertiary/aromatic N) is 4. The van der Waals surface area contributed by atoms with Gasteiger partial charge in [-0.1, -0.05) is 29.8 Å². The van der Waals surface area contributed by atoms with Gasteiger partial charge in [0.05, 0.1) is 16.2 Å². The lowest BCUT2D eigenvalue weighted by Gasteiger charge is -2.13. The van der Waals surface area contributed by atoms with Gasteiger partial charge >= 0.3 is 0 Å². The summed E-state index contributed by atoms with van der Waals surface area (Å²) in [5, 5.41) is 7.51. The van der Waals surface area contributed by atoms with Crippen molar-refractivity contribution in [2.24, 2.45) is 7.05 Å². The minimum atomic E-state index is -0.348. The second kappa shape index (κ2) is 8.35. The van der Waals surface area contributed by atoms with E-state index in [0.717, 1.165) is 38.9 Å². The number of thioether (sulfide) groups is 1. The number of carbonyl (C=O) groups is 3. The molecule has 1 N–H and O–H groups in total. The van der Waals surface area contributed by atoms with E-state index in [-0.39, 0.29) is 30.1 Å². The Morgan fingerprint density at radius 1 is 1.19 bits per heavy atom. The second-order valence-electron chi connectivity index (χ2n) is 7.30. The molecule has 1 fully saturated rings. The van der Waals surface area contributed by atoms with Crippen LogP contribution in [0.4, 0.5) is 4.79 Å². The Labute approximate surface area is 183 Å². The third kappa shape index (κ3) is 4.22. The summed E-state index contributed by atoms with van der Waals surface area (Å²) in [6, 6.07) is 9.44. The Morgan fingerprint density at radius 2 is 1.94 bits per heavy atom. The van der Waals surface area contributed by atoms with E-state index in [1.165, 1.54) is 6.20 Å². The quantitative estimate of drug-likeness (QED) is 0.619. The highest BCUT2D eigenvalue weighted by Gasteiger charge is 2.34. The number of hydrogen-bond donors (Lipinski definition) is 1. The molecule has 2 aromatic heterocycles. The van der Waals surface area contributed by atoms with E-state index >= 15 is 0 Å². The lowest BCUT2D eigenvalue weighted by atomic mass is 10.1. The number of rotatable bonds is 5. The molecule has 3 aromatic rings. The summed E-state index contributed by atoms with van der Waals surface area (Å²) in [5.41, 5.74) is 3.87. The molecule has 4 rings (SSSR count). The predicted molar refractivity (Wildman–Crippen MR) is 119 cm³/mol. The highest BCUT2D eigenvalue weighted by atomic mass is 32.2. The molecule has 1 saturated heterocycles. The second-order valence-corrected chi connectivity index (χ2v) is 8.30. The monoisotopic (exact) mass is 435 g/mol. The SMILES string of the molecule is Cc1ccc(/C=C2\SC(=O)N(CCNC(=O)c3cnc4c(c3)c(C)nn4C)C2=O)cc1. The van der Waals surface area contributed by atoms with Crippen molar-refractivity contribution in [3.63, 3.8) is 0 Å². The van der Waals surface area contributed by atoms with E-state index in [0.29, 0.717) is 16.1 Å². The van der Waals surface area contributed by atoms with Gasteiger partial charge in [0.25, 0.3) is 17.1 Å². The van der Waals surface area contributed by atoms with Gasteiger partial charge in [-0.3, -0.25) is 24.0 Å². The van der Waals surface area contributed by atoms with Gasteiger partial charge in [0, 0.05) is 31.7 Å². The van der Waals surface area contributed by atoms with Gasteiger partial charge in [-0.25, -0.2) is 4.98 Å². The molecule has 3 amide bonds. The topological polar surface area (TPSA) is 97.2 Å². The number of carbonyl (C=O) groups excluding carboxylic acids is 3. The number of aromatic nitrogens is 3. The molecule has 0 atom stereocenters. The van der Waals surface area contributed by atoms with Crippen molar-refractivity contribution in [3.05, 3.63) is 63.8 Å². The van der Waals surface area contributed by atoms with E-state index in [1.54, 1.807) is 23.9 Å². The molecule has 0 spiro atoms. The number of hydrogen-bond acceptors (Lipinski definition) is 6. The molecule has 0 saturated carbocycles. The van der Waals surface area contributed by atoms with Crippen molar-refractivity contribution in [1.82, 2.24) is 25.0 Å². The lowest BCUT2D eigenvalue weighted by molar-refractivity contribution is -0.122. The average Bonchev–Trinajstić information content (AvgIpc) is 3.18. The standard InChI is InChI=1S/C22H21N5O3S/c1-13-4-6-15(7-5-13)10-18-21(29)27(22(30)31-18)9-8-23-20(28)16-11-17-14(2)25-26(3)19(17)24-12-16/h4-7,10-12H,8-9H2,1-3H3,(H,23,28)/b18-10-. The third-order valence-electron chi connectivity index (χ3n) is 4.99. The highest BCUT2D eigenvalue weighted by molar-refractivity contribution is 8.18. The summed E-state index contributed by atoms with van der Waals surface area (Å²) >= 11 is 0.908. The molecule has 0 aliphatic carbocycles. The minimum absolute atomic E-state index is 0.100. The van der Waals surface area contributed by atoms with Crippen LogP contribution in [-0.2, 0) is 11.8 Å². The zero-order valence-corrected chi connectivity index (χ0v) is 18.2. The maximum atomic E-state index is 12.6. The largest absolute Gasteiger partial charge is 0.350 e. The molecular weight excluding hydrogens is 414 g/mol. The smallest absolute Gasteiger partial charge is 0.293 e. The van der Waals surface area contributed by atoms with Crippen molar-refractivity contribution in [3.8, 4) is 0 Å². The molecule has 31 heavy (non-hydrogen) atoms. The first-order valence-electron chi connectivity index (χ1n) is 9.73. The van der Waals surface area contributed by atoms with Crippen LogP contribution in [0.3, 0.4) is 0 Å². The van der Waals surface area contributed by atoms with E-state index in [4.69, 9.17) is 0 Å². The van der Waals surface area contributed by atoms with E-state index in [1.807, 2.05) is 38.1 Å². The fourth-order valence-electron chi connectivity index (χ4n) is 3.32. The van der Waals surface area contributed by atoms with Gasteiger partial charge in [0.2, 0.25) is 0 Å². The fraction of sp³-hybridized carbons (Fsp3) is 0.227. The minimum Gasteiger partial charge on any atom is -0.350 e. The van der Waals surface area contributed by atoms with Crippen LogP contribution in [0.15, 0.2) is 41.4 Å². The zero-order valence-electron chi connectivity index (χ0n) is 17.4. The number of fused-ring (bicyclic) bond motifs is 1. The molecule has 8 nitrogen and oxygen atoms in total. The third-order valence-corrected chi connectivity index (χ3v) is 5.90. The van der Waals surface area contributed by atoms with Gasteiger partial charge in [-0.15, -0.1) is 0 Å². The van der Waals surface area contributed by atoms with E-state index < -0.39 is 0 Å². The number of benzene rings is 1. The van der Waals surface area contributed by atoms with Crippen LogP contribution in [0, 0.1) is 13.8 Å². The number of amides is 3. The first kappa shape index (κ1) is 20.8. The summed E-state index contributed by atoms with van der Waals surface area (Å²) in [6.07, 6.45) is 3.20. The Kier molecular flexibility index (Phi) is 5.60. The van der Waals surface area contributed by atoms with Crippen molar-refractivity contribution < 1.29 is 14.4 Å². The average molecular weight is 436 g/mol. The summed E-state index contributed by atoms with van der Waals surface area (Å²) in [5.74, 6) is -0.668. The molecule has 0 unspecified atom stereocenters. The Morgan fingerprint density at radius 3 is 2.68 bits per heavy atom. The normalized spacial score (nSPS) is 15.3. The summed E-state index contributed by atoms with van der Waals surface area (Å²) in [7, 11) is 1.80. The summed E-state index contributed by atoms with van der Waals surface area (Å²) in [4.78, 5) is 43.2. The first-order valence-corrected chi connectivity index (χ1v) is 10.5. The molecular formula is C22H21N5O3S. The molecule has 158 valence electrons. The number of pyridine rings is 1. The van der Waals surface area contributed by atoms with Crippen molar-refractivity contribution in [2.75, 3.05) is 13.1 Å². The first-order chi connectivity index (χ1) is 14.8. The number of aryl methyl sites for hydroxylation is 3. The Hall–Kier alpha value is -3.46. The maximum Gasteiger partial charge on any atom is 0.293 e. The van der Waals surface area contributed by atoms with Crippen LogP contribution in [0.2, 0.25) is 0 Å². The van der Waals surface area contributed by atoms with E-state index in [9.17, 15) is 14.4 Å². The van der Waals surface area contributed by atoms with Gasteiger partial charge in [-0.2, -0.15) is 5.10 Å². The Balaban J connectivity index is 1.38. The predicted octanol–water partition coefficient (Wildman–Crippen LogP) is 3.05. The molecule has 1 aliphatic rings. The zero-order chi connectivity index (χ0) is 22.1. The highest BCUT2D eigenvalue weighted by Crippen LogP contribution is 2.31. The molecule has 0 radical (unpaired) electrons. The number of imide groups is 1. The van der Waals surface area contributed by atoms with Gasteiger partial charge in [-0.05, 0) is 43.3 Å². The molecule has 0 bridgehead atoms. The summed E-state index contributed by atoms with van der Waals surface area (Å²) in [6.45, 7) is 4.09. The van der Waals surface area contributed by atoms with Gasteiger partial charge in [0.1, 0.15) is 0 Å². The maximum absolute atomic E-state index is 12.6. The van der Waals surface area contributed by atoms with E-state index in [2.05, 4.69) is 15.4 Å². The van der Waals surface area contributed by atoms with Crippen LogP contribution >= 0.6 is 11.8 Å². The lowest BCUT2D eigenvalue weighted by Crippen LogP contribution is -2.37. The molecule has 9 heteroatoms. The van der Waals surface area contributed by atoms with Crippen LogP contribution in [-0.4, -0.2) is 49.8 Å². The summed E-state index contributed by atoms with van der Waals surface area (Å²) < 4.78 is 1.66. The van der Waals surface area contributed by atoms with Crippen LogP contribution in [0.5, 0.6) is 0 Å². The number of nitrogens with one attached hydrogen (secondary N) is 1. The van der Waals surface area contributed by atoms with Crippen LogP contribution in [0.1, 0.15) is 27.2 Å². The van der Waals surface area contributed by atoms with Crippen molar-refractivity contribution in [2.45, 2.75) is 13.8 Å². The fourth-order valence-corrected chi connectivity index (χ4v) is 4.19. The Bertz CT molecular complexity index is 1230. The van der Waals surface area contributed by atoms with Gasteiger partial charge in [0.15, 0.2) is 5.65 Å². The van der Waals surface area contributed by atoms with Crippen LogP contribution < -0.4 is 5.32 Å². The van der Waals surface area contributed by atoms with Gasteiger partial charge < -0.3 is 5.32 Å².